The van der Waals surface area contributed by atoms with Crippen molar-refractivity contribution in [2.75, 3.05) is 17.6 Å². The van der Waals surface area contributed by atoms with Crippen LogP contribution in [0.5, 0.6) is 0 Å². The Hall–Kier alpha value is -2.30. The number of aliphatic carboxylic acids is 1. The van der Waals surface area contributed by atoms with Gasteiger partial charge in [0.25, 0.3) is 0 Å². The van der Waals surface area contributed by atoms with Gasteiger partial charge in [-0.3, -0.25) is 14.5 Å². The summed E-state index contributed by atoms with van der Waals surface area (Å²) in [5.74, 6) is -0.127. The molecule has 4 rings (SSSR count). The van der Waals surface area contributed by atoms with E-state index in [4.69, 9.17) is 4.98 Å². The lowest BCUT2D eigenvalue weighted by molar-refractivity contribution is -0.143. The number of rotatable bonds is 9. The fourth-order valence-corrected chi connectivity index (χ4v) is 7.31. The number of carboxylic acid groups (broad SMARTS) is 1. The van der Waals surface area contributed by atoms with Crippen molar-refractivity contribution in [1.29, 1.82) is 0 Å². The van der Waals surface area contributed by atoms with Gasteiger partial charge in [0, 0.05) is 18.0 Å². The highest BCUT2D eigenvalue weighted by Gasteiger charge is 2.38. The molecule has 1 atom stereocenters. The molecule has 36 heavy (non-hydrogen) atoms. The number of benzene rings is 1. The van der Waals surface area contributed by atoms with E-state index in [0.29, 0.717) is 17.0 Å². The van der Waals surface area contributed by atoms with Gasteiger partial charge in [-0.05, 0) is 55.2 Å². The lowest BCUT2D eigenvalue weighted by Crippen LogP contribution is -2.33. The fraction of sp³-hybridized carbons (Fsp3) is 0.577. The van der Waals surface area contributed by atoms with Crippen molar-refractivity contribution in [2.45, 2.75) is 70.4 Å². The quantitative estimate of drug-likeness (QED) is 0.487. The summed E-state index contributed by atoms with van der Waals surface area (Å²) in [6.45, 7) is 7.74. The summed E-state index contributed by atoms with van der Waals surface area (Å²) in [6, 6.07) is 6.65. The number of amides is 1. The number of nitrogens with zero attached hydrogens (tertiary/aromatic N) is 2. The Labute approximate surface area is 217 Å². The molecule has 0 bridgehead atoms. The molecule has 2 N–H and O–H groups in total. The van der Waals surface area contributed by atoms with Crippen LogP contribution in [0.25, 0.3) is 0 Å². The first-order chi connectivity index (χ1) is 17.1. The van der Waals surface area contributed by atoms with E-state index in [1.54, 1.807) is 31.2 Å². The van der Waals surface area contributed by atoms with Crippen LogP contribution in [0.3, 0.4) is 0 Å². The van der Waals surface area contributed by atoms with Gasteiger partial charge in [-0.25, -0.2) is 13.4 Å². The van der Waals surface area contributed by atoms with Gasteiger partial charge < -0.3 is 10.4 Å². The number of fused-ring (bicyclic) bond motifs is 1. The van der Waals surface area contributed by atoms with Crippen LogP contribution in [-0.2, 0) is 32.4 Å². The smallest absolute Gasteiger partial charge is 0.306 e. The number of hydrogen-bond donors (Lipinski definition) is 2. The molecule has 0 saturated heterocycles. The van der Waals surface area contributed by atoms with Crippen molar-refractivity contribution in [2.24, 2.45) is 17.8 Å². The van der Waals surface area contributed by atoms with Crippen LogP contribution < -0.4 is 5.32 Å². The monoisotopic (exact) mass is 533 g/mol. The maximum atomic E-state index is 12.6. The highest BCUT2D eigenvalue weighted by molar-refractivity contribution is 7.91. The van der Waals surface area contributed by atoms with Crippen molar-refractivity contribution in [3.05, 3.63) is 40.4 Å². The molecule has 8 nitrogen and oxygen atoms in total. The summed E-state index contributed by atoms with van der Waals surface area (Å²) < 4.78 is 24.0. The molecule has 0 radical (unpaired) electrons. The fourth-order valence-electron chi connectivity index (χ4n) is 5.39. The largest absolute Gasteiger partial charge is 0.481 e. The molecule has 2 heterocycles. The van der Waals surface area contributed by atoms with Gasteiger partial charge >= 0.3 is 5.97 Å². The molecule has 1 aromatic heterocycles. The minimum absolute atomic E-state index is 0.0438. The highest BCUT2D eigenvalue weighted by atomic mass is 32.2. The normalized spacial score (nSPS) is 22.5. The average molecular weight is 534 g/mol. The van der Waals surface area contributed by atoms with Gasteiger partial charge in [0.05, 0.1) is 34.7 Å². The number of aromatic nitrogens is 1. The molecule has 1 fully saturated rings. The zero-order valence-corrected chi connectivity index (χ0v) is 22.7. The lowest BCUT2D eigenvalue weighted by Gasteiger charge is -2.34. The minimum atomic E-state index is -3.26. The predicted octanol–water partition coefficient (Wildman–Crippen LogP) is 4.52. The number of anilines is 1. The topological polar surface area (TPSA) is 117 Å². The lowest BCUT2D eigenvalue weighted by atomic mass is 9.81. The third kappa shape index (κ3) is 5.98. The number of carboxylic acids is 1. The Balaban J connectivity index is 1.36. The van der Waals surface area contributed by atoms with Crippen LogP contribution in [0, 0.1) is 17.8 Å². The minimum Gasteiger partial charge on any atom is -0.481 e. The van der Waals surface area contributed by atoms with E-state index in [9.17, 15) is 23.1 Å². The molecule has 10 heteroatoms. The zero-order chi connectivity index (χ0) is 26.0. The van der Waals surface area contributed by atoms with Crippen LogP contribution in [0.1, 0.15) is 68.6 Å². The Morgan fingerprint density at radius 3 is 2.42 bits per heavy atom. The first-order valence-electron chi connectivity index (χ1n) is 12.6. The molecular formula is C26H35N3O5S2. The molecule has 0 spiro atoms. The number of hydrogen-bond acceptors (Lipinski definition) is 7. The first-order valence-corrected chi connectivity index (χ1v) is 15.1. The van der Waals surface area contributed by atoms with Gasteiger partial charge in [-0.1, -0.05) is 32.9 Å². The molecule has 2 aromatic rings. The summed E-state index contributed by atoms with van der Waals surface area (Å²) in [4.78, 5) is 32.6. The number of thiazole rings is 1. The second kappa shape index (κ2) is 11.0. The number of sulfone groups is 1. The molecule has 1 aliphatic heterocycles. The van der Waals surface area contributed by atoms with Crippen molar-refractivity contribution < 1.29 is 23.1 Å². The van der Waals surface area contributed by atoms with Gasteiger partial charge in [0.15, 0.2) is 15.0 Å². The van der Waals surface area contributed by atoms with Gasteiger partial charge in [-0.15, -0.1) is 11.3 Å². The van der Waals surface area contributed by atoms with Crippen LogP contribution in [-0.4, -0.2) is 47.6 Å². The molecule has 1 saturated carbocycles. The van der Waals surface area contributed by atoms with Crippen LogP contribution >= 0.6 is 11.3 Å². The van der Waals surface area contributed by atoms with E-state index < -0.39 is 15.8 Å². The summed E-state index contributed by atoms with van der Waals surface area (Å²) in [7, 11) is -3.26. The van der Waals surface area contributed by atoms with Crippen molar-refractivity contribution >= 4 is 38.2 Å². The summed E-state index contributed by atoms with van der Waals surface area (Å²) >= 11 is 1.52. The second-order valence-electron chi connectivity index (χ2n) is 10.3. The Kier molecular flexibility index (Phi) is 8.16. The molecule has 1 aliphatic carbocycles. The van der Waals surface area contributed by atoms with Gasteiger partial charge in [-0.2, -0.15) is 0 Å². The number of nitrogens with one attached hydrogen (secondary N) is 1. The van der Waals surface area contributed by atoms with E-state index in [2.05, 4.69) is 24.1 Å². The van der Waals surface area contributed by atoms with Crippen LogP contribution in [0.2, 0.25) is 0 Å². The van der Waals surface area contributed by atoms with E-state index in [1.165, 1.54) is 16.2 Å². The molecule has 1 unspecified atom stereocenters. The van der Waals surface area contributed by atoms with E-state index in [-0.39, 0.29) is 34.9 Å². The van der Waals surface area contributed by atoms with E-state index >= 15 is 0 Å². The third-order valence-electron chi connectivity index (χ3n) is 7.34. The second-order valence-corrected chi connectivity index (χ2v) is 13.6. The summed E-state index contributed by atoms with van der Waals surface area (Å²) in [5, 5.41) is 12.8. The average Bonchev–Trinajstić information content (AvgIpc) is 3.35. The first kappa shape index (κ1) is 26.8. The van der Waals surface area contributed by atoms with E-state index in [0.717, 1.165) is 50.0 Å². The number of carbonyl (C=O) groups is 2. The van der Waals surface area contributed by atoms with Crippen molar-refractivity contribution in [3.63, 3.8) is 0 Å². The number of carbonyl (C=O) groups excluding carboxylic acids is 1. The van der Waals surface area contributed by atoms with E-state index in [1.807, 2.05) is 0 Å². The van der Waals surface area contributed by atoms with Gasteiger partial charge in [0.1, 0.15) is 0 Å². The van der Waals surface area contributed by atoms with Crippen LogP contribution in [0.15, 0.2) is 29.2 Å². The predicted molar refractivity (Wildman–Crippen MR) is 140 cm³/mol. The standard InChI is InChI=1S/C26H35N3O5S2/c1-4-36(33,34)20-11-7-17(8-12-20)13-22(30)27-26-28-23-21(35-26)15-29(24(23)16(2)3)14-18-5-9-19(10-6-18)25(31)32/h7-8,11-12,16,18-19,24H,4-6,9-10,13-15H2,1-3H3,(H,31,32)(H,27,28,30)/t18-,19+,24?. The Morgan fingerprint density at radius 2 is 1.83 bits per heavy atom. The van der Waals surface area contributed by atoms with Crippen molar-refractivity contribution in [3.8, 4) is 0 Å². The molecule has 196 valence electrons. The Morgan fingerprint density at radius 1 is 1.17 bits per heavy atom. The van der Waals surface area contributed by atoms with Crippen LogP contribution in [0.4, 0.5) is 5.13 Å². The summed E-state index contributed by atoms with van der Waals surface area (Å²) in [5.41, 5.74) is 1.79. The molecular weight excluding hydrogens is 498 g/mol. The SMILES string of the molecule is CCS(=O)(=O)c1ccc(CC(=O)Nc2nc3c(s2)CN(C[C@H]2CC[C@@H](C(=O)O)CC2)C3C(C)C)cc1. The summed E-state index contributed by atoms with van der Waals surface area (Å²) in [6.07, 6.45) is 3.56. The maximum Gasteiger partial charge on any atom is 0.306 e. The third-order valence-corrected chi connectivity index (χ3v) is 10.1. The molecule has 1 aromatic carbocycles. The molecule has 2 aliphatic rings. The van der Waals surface area contributed by atoms with Gasteiger partial charge in [0.2, 0.25) is 5.91 Å². The Bertz CT molecular complexity index is 1200. The maximum absolute atomic E-state index is 12.6. The molecule has 1 amide bonds. The van der Waals surface area contributed by atoms with Crippen molar-refractivity contribution in [1.82, 2.24) is 9.88 Å². The highest BCUT2D eigenvalue weighted by Crippen LogP contribution is 2.43. The zero-order valence-electron chi connectivity index (χ0n) is 21.1.